The van der Waals surface area contributed by atoms with Crippen molar-refractivity contribution in [1.29, 1.82) is 0 Å². The van der Waals surface area contributed by atoms with Gasteiger partial charge in [0.2, 0.25) is 17.6 Å². The first-order chi connectivity index (χ1) is 16.5. The maximum Gasteiger partial charge on any atom is 0.241 e. The minimum absolute atomic E-state index is 0.0635. The first kappa shape index (κ1) is 23.0. The molecule has 3 heterocycles. The third kappa shape index (κ3) is 5.31. The van der Waals surface area contributed by atoms with Crippen molar-refractivity contribution in [2.24, 2.45) is 5.92 Å². The molecule has 0 aliphatic carbocycles. The van der Waals surface area contributed by atoms with Crippen molar-refractivity contribution >= 4 is 27.5 Å². The predicted octanol–water partition coefficient (Wildman–Crippen LogP) is 4.20. The molecular weight excluding hydrogens is 501 g/mol. The molecule has 3 aromatic rings. The lowest BCUT2D eigenvalue weighted by Gasteiger charge is -2.39. The van der Waals surface area contributed by atoms with Gasteiger partial charge in [-0.05, 0) is 62.3 Å². The third-order valence-electron chi connectivity index (χ3n) is 6.63. The van der Waals surface area contributed by atoms with Gasteiger partial charge in [0.1, 0.15) is 5.82 Å². The van der Waals surface area contributed by atoms with Crippen LogP contribution in [0.15, 0.2) is 57.5 Å². The molecular formula is C25H27BrFN5O2. The lowest BCUT2D eigenvalue weighted by atomic mass is 9.95. The molecule has 0 unspecified atom stereocenters. The average Bonchev–Trinajstić information content (AvgIpc) is 3.33. The number of aromatic nitrogens is 2. The van der Waals surface area contributed by atoms with Gasteiger partial charge in [-0.1, -0.05) is 33.2 Å². The molecule has 2 fully saturated rings. The summed E-state index contributed by atoms with van der Waals surface area (Å²) in [6, 6.07) is 14.4. The first-order valence-electron chi connectivity index (χ1n) is 11.7. The number of benzene rings is 2. The van der Waals surface area contributed by atoms with Crippen LogP contribution < -0.4 is 4.90 Å². The van der Waals surface area contributed by atoms with Crippen molar-refractivity contribution < 1.29 is 13.7 Å². The van der Waals surface area contributed by atoms with Crippen LogP contribution in [0.5, 0.6) is 0 Å². The topological polar surface area (TPSA) is 65.7 Å². The van der Waals surface area contributed by atoms with E-state index in [-0.39, 0.29) is 17.6 Å². The van der Waals surface area contributed by atoms with E-state index in [9.17, 15) is 9.18 Å². The first-order valence-corrected chi connectivity index (χ1v) is 12.4. The molecule has 2 aromatic carbocycles. The molecule has 5 rings (SSSR count). The molecule has 9 heteroatoms. The second kappa shape index (κ2) is 10.2. The van der Waals surface area contributed by atoms with E-state index >= 15 is 0 Å². The number of rotatable bonds is 5. The summed E-state index contributed by atoms with van der Waals surface area (Å²) in [5.41, 5.74) is 1.92. The minimum Gasteiger partial charge on any atom is -0.368 e. The molecule has 0 atom stereocenters. The molecule has 0 saturated carbocycles. The number of piperidine rings is 1. The molecule has 1 aromatic heterocycles. The van der Waals surface area contributed by atoms with Gasteiger partial charge in [0.25, 0.3) is 0 Å². The molecule has 0 spiro atoms. The van der Waals surface area contributed by atoms with E-state index in [0.717, 1.165) is 54.7 Å². The summed E-state index contributed by atoms with van der Waals surface area (Å²) < 4.78 is 19.6. The zero-order valence-electron chi connectivity index (χ0n) is 18.9. The molecule has 34 heavy (non-hydrogen) atoms. The van der Waals surface area contributed by atoms with Gasteiger partial charge in [-0.2, -0.15) is 4.98 Å². The molecule has 1 amide bonds. The molecule has 0 N–H and O–H groups in total. The summed E-state index contributed by atoms with van der Waals surface area (Å²) in [7, 11) is 0. The van der Waals surface area contributed by atoms with Gasteiger partial charge in [0, 0.05) is 47.8 Å². The van der Waals surface area contributed by atoms with Crippen molar-refractivity contribution in [3.63, 3.8) is 0 Å². The third-order valence-corrected chi connectivity index (χ3v) is 7.12. The van der Waals surface area contributed by atoms with Crippen LogP contribution in [0.1, 0.15) is 18.7 Å². The summed E-state index contributed by atoms with van der Waals surface area (Å²) in [5, 5.41) is 4.11. The van der Waals surface area contributed by atoms with E-state index < -0.39 is 0 Å². The Labute approximate surface area is 206 Å². The van der Waals surface area contributed by atoms with Gasteiger partial charge in [0.15, 0.2) is 0 Å². The Morgan fingerprint density at radius 2 is 1.76 bits per heavy atom. The number of hydrogen-bond acceptors (Lipinski definition) is 6. The highest BCUT2D eigenvalue weighted by Gasteiger charge is 2.31. The SMILES string of the molecule is O=C(C1CCN(Cc2nc(-c3cccc(Br)c3)no2)CC1)N1CCN(c2ccc(F)cc2)CC1. The Morgan fingerprint density at radius 3 is 2.47 bits per heavy atom. The Balaban J connectivity index is 1.09. The standard InChI is InChI=1S/C25H27BrFN5O2/c26-20-3-1-2-19(16-20)24-28-23(34-29-24)17-30-10-8-18(9-11-30)25(33)32-14-12-31(13-15-32)22-6-4-21(27)5-7-22/h1-7,16,18H,8-15,17H2. The van der Waals surface area contributed by atoms with Gasteiger partial charge in [-0.15, -0.1) is 0 Å². The molecule has 0 bridgehead atoms. The minimum atomic E-state index is -0.229. The number of hydrogen-bond donors (Lipinski definition) is 0. The summed E-state index contributed by atoms with van der Waals surface area (Å²) in [5.74, 6) is 1.27. The van der Waals surface area contributed by atoms with Crippen LogP contribution in [-0.4, -0.2) is 65.1 Å². The lowest BCUT2D eigenvalue weighted by Crippen LogP contribution is -2.51. The maximum absolute atomic E-state index is 13.2. The highest BCUT2D eigenvalue weighted by atomic mass is 79.9. The number of halogens is 2. The van der Waals surface area contributed by atoms with Gasteiger partial charge >= 0.3 is 0 Å². The molecule has 178 valence electrons. The Bertz CT molecular complexity index is 1120. The summed E-state index contributed by atoms with van der Waals surface area (Å²) in [4.78, 5) is 24.1. The van der Waals surface area contributed by atoms with Crippen molar-refractivity contribution in [2.75, 3.05) is 44.2 Å². The number of anilines is 1. The Morgan fingerprint density at radius 1 is 1.03 bits per heavy atom. The number of carbonyl (C=O) groups excluding carboxylic acids is 1. The number of nitrogens with zero attached hydrogens (tertiary/aromatic N) is 5. The fourth-order valence-electron chi connectivity index (χ4n) is 4.69. The quantitative estimate of drug-likeness (QED) is 0.495. The predicted molar refractivity (Wildman–Crippen MR) is 131 cm³/mol. The zero-order valence-corrected chi connectivity index (χ0v) is 20.5. The second-order valence-corrected chi connectivity index (χ2v) is 9.78. The van der Waals surface area contributed by atoms with E-state index in [1.807, 2.05) is 29.2 Å². The highest BCUT2D eigenvalue weighted by molar-refractivity contribution is 9.10. The van der Waals surface area contributed by atoms with E-state index in [0.29, 0.717) is 31.3 Å². The normalized spacial score (nSPS) is 17.8. The van der Waals surface area contributed by atoms with Crippen LogP contribution in [0.25, 0.3) is 11.4 Å². The molecule has 7 nitrogen and oxygen atoms in total. The molecule has 2 aliphatic heterocycles. The molecule has 2 aliphatic rings. The van der Waals surface area contributed by atoms with E-state index in [1.165, 1.54) is 12.1 Å². The van der Waals surface area contributed by atoms with Gasteiger partial charge in [-0.25, -0.2) is 4.39 Å². The highest BCUT2D eigenvalue weighted by Crippen LogP contribution is 2.24. The van der Waals surface area contributed by atoms with Crippen LogP contribution in [0.3, 0.4) is 0 Å². The van der Waals surface area contributed by atoms with E-state index in [1.54, 1.807) is 12.1 Å². The number of likely N-dealkylation sites (tertiary alicyclic amines) is 1. The number of carbonyl (C=O) groups is 1. The van der Waals surface area contributed by atoms with E-state index in [2.05, 4.69) is 35.9 Å². The Kier molecular flexibility index (Phi) is 6.92. The van der Waals surface area contributed by atoms with Crippen molar-refractivity contribution in [3.05, 3.63) is 64.7 Å². The van der Waals surface area contributed by atoms with Crippen molar-refractivity contribution in [3.8, 4) is 11.4 Å². The van der Waals surface area contributed by atoms with Crippen LogP contribution in [0, 0.1) is 11.7 Å². The fourth-order valence-corrected chi connectivity index (χ4v) is 5.09. The Hall–Kier alpha value is -2.78. The summed E-state index contributed by atoms with van der Waals surface area (Å²) in [6.07, 6.45) is 1.67. The van der Waals surface area contributed by atoms with Crippen molar-refractivity contribution in [2.45, 2.75) is 19.4 Å². The molecule has 2 saturated heterocycles. The van der Waals surface area contributed by atoms with Crippen molar-refractivity contribution in [1.82, 2.24) is 19.9 Å². The fraction of sp³-hybridized carbons (Fsp3) is 0.400. The summed E-state index contributed by atoms with van der Waals surface area (Å²) in [6.45, 7) is 5.22. The monoisotopic (exact) mass is 527 g/mol. The second-order valence-electron chi connectivity index (χ2n) is 8.86. The van der Waals surface area contributed by atoms with Crippen LogP contribution >= 0.6 is 15.9 Å². The average molecular weight is 528 g/mol. The van der Waals surface area contributed by atoms with Gasteiger partial charge < -0.3 is 14.3 Å². The van der Waals surface area contributed by atoms with Crippen LogP contribution in [0.2, 0.25) is 0 Å². The van der Waals surface area contributed by atoms with Crippen LogP contribution in [0.4, 0.5) is 10.1 Å². The summed E-state index contributed by atoms with van der Waals surface area (Å²) >= 11 is 3.47. The largest absolute Gasteiger partial charge is 0.368 e. The molecule has 0 radical (unpaired) electrons. The smallest absolute Gasteiger partial charge is 0.241 e. The van der Waals surface area contributed by atoms with Gasteiger partial charge in [0.05, 0.1) is 6.54 Å². The number of piperazine rings is 1. The maximum atomic E-state index is 13.2. The zero-order chi connectivity index (χ0) is 23.5. The lowest BCUT2D eigenvalue weighted by molar-refractivity contribution is -0.137. The van der Waals surface area contributed by atoms with Crippen LogP contribution in [-0.2, 0) is 11.3 Å². The number of amides is 1. The van der Waals surface area contributed by atoms with Gasteiger partial charge in [-0.3, -0.25) is 9.69 Å². The van der Waals surface area contributed by atoms with E-state index in [4.69, 9.17) is 4.52 Å².